The molecule has 0 saturated carbocycles. The molecule has 0 saturated heterocycles. The fourth-order valence-corrected chi connectivity index (χ4v) is 5.87. The summed E-state index contributed by atoms with van der Waals surface area (Å²) in [5.41, 5.74) is -3.88. The van der Waals surface area contributed by atoms with E-state index in [9.17, 15) is 36.0 Å². The number of aromatic nitrogens is 3. The van der Waals surface area contributed by atoms with Crippen LogP contribution in [0.2, 0.25) is 0 Å². The fourth-order valence-electron chi connectivity index (χ4n) is 3.78. The molecule has 0 radical (unpaired) electrons. The minimum atomic E-state index is -4.93. The van der Waals surface area contributed by atoms with Gasteiger partial charge in [-0.15, -0.1) is 0 Å². The molecular formula is C24H21F3N4O6S2. The number of carbonyl (C=O) groups excluding carboxylic acids is 1. The Labute approximate surface area is 223 Å². The Kier molecular flexibility index (Phi) is 7.77. The number of amides is 1. The zero-order chi connectivity index (χ0) is 28.5. The summed E-state index contributed by atoms with van der Waals surface area (Å²) < 4.78 is 77.3. The Morgan fingerprint density at radius 3 is 2.44 bits per heavy atom. The molecular weight excluding hydrogens is 561 g/mol. The topological polar surface area (TPSA) is 121 Å². The molecule has 0 fully saturated rings. The summed E-state index contributed by atoms with van der Waals surface area (Å²) >= 11 is 0.867. The van der Waals surface area contributed by atoms with Gasteiger partial charge in [-0.05, 0) is 42.2 Å². The van der Waals surface area contributed by atoms with E-state index in [0.717, 1.165) is 18.6 Å². The van der Waals surface area contributed by atoms with Crippen LogP contribution in [0.4, 0.5) is 13.2 Å². The van der Waals surface area contributed by atoms with Crippen molar-refractivity contribution in [2.45, 2.75) is 18.9 Å². The van der Waals surface area contributed by atoms with E-state index in [2.05, 4.69) is 4.37 Å². The number of rotatable bonds is 8. The van der Waals surface area contributed by atoms with Gasteiger partial charge in [0.1, 0.15) is 12.4 Å². The number of benzene rings is 2. The molecule has 4 rings (SSSR count). The molecule has 2 aromatic carbocycles. The largest absolute Gasteiger partial charge is 0.431 e. The summed E-state index contributed by atoms with van der Waals surface area (Å²) in [5, 5.41) is 0.104. The second-order valence-electron chi connectivity index (χ2n) is 8.27. The van der Waals surface area contributed by atoms with Gasteiger partial charge in [0.2, 0.25) is 10.0 Å². The van der Waals surface area contributed by atoms with Crippen LogP contribution in [0.5, 0.6) is 0 Å². The quantitative estimate of drug-likeness (QED) is 0.293. The summed E-state index contributed by atoms with van der Waals surface area (Å²) in [6.07, 6.45) is -4.93. The van der Waals surface area contributed by atoms with Crippen LogP contribution in [-0.2, 0) is 33.7 Å². The maximum absolute atomic E-state index is 13.5. The van der Waals surface area contributed by atoms with E-state index in [1.165, 1.54) is 18.2 Å². The predicted octanol–water partition coefficient (Wildman–Crippen LogP) is 3.13. The lowest BCUT2D eigenvalue weighted by atomic mass is 10.2. The van der Waals surface area contributed by atoms with E-state index in [4.69, 9.17) is 4.74 Å². The highest BCUT2D eigenvalue weighted by Gasteiger charge is 2.35. The molecule has 10 nitrogen and oxygen atoms in total. The van der Waals surface area contributed by atoms with Crippen LogP contribution < -0.4 is 11.2 Å². The van der Waals surface area contributed by atoms with Gasteiger partial charge < -0.3 is 4.74 Å². The molecule has 0 atom stereocenters. The summed E-state index contributed by atoms with van der Waals surface area (Å²) in [7, 11) is -3.35. The standard InChI is InChI=1S/C24H21F3N4O6S2/c1-3-37-14-30(39(35,36)13-15-7-5-4-6-8-15)22(33)21-17-11-16(9-10-18(17)38-28-21)31-20(32)12-19(24(25,26)27)29(2)23(31)34/h4-12H,3,13-14H2,1-2H3. The number of fused-ring (bicyclic) bond motifs is 1. The van der Waals surface area contributed by atoms with Crippen molar-refractivity contribution in [3.63, 3.8) is 0 Å². The van der Waals surface area contributed by atoms with E-state index >= 15 is 0 Å². The molecule has 0 aliphatic carbocycles. The van der Waals surface area contributed by atoms with Gasteiger partial charge in [-0.2, -0.15) is 17.5 Å². The van der Waals surface area contributed by atoms with Crippen molar-refractivity contribution in [1.29, 1.82) is 0 Å². The molecule has 2 aromatic heterocycles. The highest BCUT2D eigenvalue weighted by atomic mass is 32.2. The monoisotopic (exact) mass is 582 g/mol. The SMILES string of the molecule is CCOCN(C(=O)c1nsc2ccc(-n3c(=O)cc(C(F)(F)F)n(C)c3=O)cc12)S(=O)(=O)Cc1ccccc1. The number of ether oxygens (including phenoxy) is 1. The Bertz CT molecular complexity index is 1760. The van der Waals surface area contributed by atoms with Crippen molar-refractivity contribution in [1.82, 2.24) is 17.8 Å². The first-order valence-corrected chi connectivity index (χ1v) is 13.7. The Hall–Kier alpha value is -3.82. The van der Waals surface area contributed by atoms with Crippen LogP contribution in [-0.4, -0.2) is 45.5 Å². The van der Waals surface area contributed by atoms with E-state index in [-0.39, 0.29) is 23.4 Å². The average molecular weight is 583 g/mol. The number of carbonyl (C=O) groups is 1. The normalized spacial score (nSPS) is 12.1. The molecule has 39 heavy (non-hydrogen) atoms. The van der Waals surface area contributed by atoms with Gasteiger partial charge in [0.25, 0.3) is 11.5 Å². The van der Waals surface area contributed by atoms with Crippen LogP contribution in [0, 0.1) is 0 Å². The zero-order valence-electron chi connectivity index (χ0n) is 20.5. The maximum atomic E-state index is 13.5. The summed E-state index contributed by atoms with van der Waals surface area (Å²) in [6.45, 7) is 1.16. The zero-order valence-corrected chi connectivity index (χ0v) is 22.1. The van der Waals surface area contributed by atoms with Gasteiger partial charge in [0, 0.05) is 25.1 Å². The van der Waals surface area contributed by atoms with Gasteiger partial charge in [-0.1, -0.05) is 30.3 Å². The van der Waals surface area contributed by atoms with Crippen LogP contribution in [0.3, 0.4) is 0 Å². The summed E-state index contributed by atoms with van der Waals surface area (Å²) in [6, 6.07) is 12.5. The van der Waals surface area contributed by atoms with Gasteiger partial charge >= 0.3 is 11.9 Å². The molecule has 0 aliphatic heterocycles. The van der Waals surface area contributed by atoms with Crippen LogP contribution >= 0.6 is 11.5 Å². The van der Waals surface area contributed by atoms with Gasteiger partial charge in [0.05, 0.1) is 16.1 Å². The van der Waals surface area contributed by atoms with Crippen molar-refractivity contribution in [3.8, 4) is 5.69 Å². The third-order valence-electron chi connectivity index (χ3n) is 5.69. The number of halogens is 3. The van der Waals surface area contributed by atoms with E-state index in [1.54, 1.807) is 37.3 Å². The average Bonchev–Trinajstić information content (AvgIpc) is 3.29. The minimum Gasteiger partial charge on any atom is -0.360 e. The first kappa shape index (κ1) is 28.2. The maximum Gasteiger partial charge on any atom is 0.431 e. The highest BCUT2D eigenvalue weighted by molar-refractivity contribution is 7.88. The second-order valence-corrected chi connectivity index (χ2v) is 11.0. The van der Waals surface area contributed by atoms with Crippen molar-refractivity contribution in [2.24, 2.45) is 7.05 Å². The highest BCUT2D eigenvalue weighted by Crippen LogP contribution is 2.29. The lowest BCUT2D eigenvalue weighted by Crippen LogP contribution is -2.40. The third kappa shape index (κ3) is 5.65. The van der Waals surface area contributed by atoms with Gasteiger partial charge in [-0.25, -0.2) is 22.1 Å². The Morgan fingerprint density at radius 1 is 1.10 bits per heavy atom. The smallest absolute Gasteiger partial charge is 0.360 e. The minimum absolute atomic E-state index is 0.104. The van der Waals surface area contributed by atoms with E-state index < -0.39 is 51.5 Å². The number of hydrogen-bond acceptors (Lipinski definition) is 8. The molecule has 206 valence electrons. The van der Waals surface area contributed by atoms with Crippen molar-refractivity contribution in [3.05, 3.63) is 92.4 Å². The van der Waals surface area contributed by atoms with Crippen LogP contribution in [0.25, 0.3) is 15.8 Å². The summed E-state index contributed by atoms with van der Waals surface area (Å²) in [5.74, 6) is -1.49. The van der Waals surface area contributed by atoms with Crippen molar-refractivity contribution < 1.29 is 31.1 Å². The van der Waals surface area contributed by atoms with Gasteiger partial charge in [-0.3, -0.25) is 14.2 Å². The fraction of sp³-hybridized carbons (Fsp3) is 0.250. The van der Waals surface area contributed by atoms with E-state index in [1.807, 2.05) is 0 Å². The molecule has 0 aliphatic rings. The number of alkyl halides is 3. The second kappa shape index (κ2) is 10.7. The molecule has 0 spiro atoms. The first-order valence-electron chi connectivity index (χ1n) is 11.3. The van der Waals surface area contributed by atoms with Crippen molar-refractivity contribution in [2.75, 3.05) is 13.3 Å². The molecule has 0 unspecified atom stereocenters. The molecule has 1 amide bonds. The number of nitrogens with zero attached hydrogens (tertiary/aromatic N) is 4. The molecule has 2 heterocycles. The van der Waals surface area contributed by atoms with Gasteiger partial charge in [0.15, 0.2) is 5.69 Å². The van der Waals surface area contributed by atoms with Crippen molar-refractivity contribution >= 4 is 37.5 Å². The third-order valence-corrected chi connectivity index (χ3v) is 8.16. The molecule has 0 bridgehead atoms. The summed E-state index contributed by atoms with van der Waals surface area (Å²) in [4.78, 5) is 38.8. The molecule has 15 heteroatoms. The Balaban J connectivity index is 1.80. The first-order chi connectivity index (χ1) is 18.3. The lowest BCUT2D eigenvalue weighted by molar-refractivity contribution is -0.144. The van der Waals surface area contributed by atoms with E-state index in [0.29, 0.717) is 29.8 Å². The number of hydrogen-bond donors (Lipinski definition) is 0. The lowest BCUT2D eigenvalue weighted by Gasteiger charge is -2.21. The van der Waals surface area contributed by atoms with Crippen LogP contribution in [0.1, 0.15) is 28.7 Å². The Morgan fingerprint density at radius 2 is 1.79 bits per heavy atom. The molecule has 0 N–H and O–H groups in total. The molecule has 4 aromatic rings. The number of sulfonamides is 1. The van der Waals surface area contributed by atoms with Crippen LogP contribution in [0.15, 0.2) is 64.2 Å². The predicted molar refractivity (Wildman–Crippen MR) is 137 cm³/mol.